The zero-order valence-corrected chi connectivity index (χ0v) is 10.2. The molecule has 88 valence electrons. The third kappa shape index (κ3) is 3.35. The number of nitrogens with one attached hydrogen (secondary N) is 1. The van der Waals surface area contributed by atoms with Crippen LogP contribution in [0.25, 0.3) is 0 Å². The van der Waals surface area contributed by atoms with Crippen LogP contribution in [0.1, 0.15) is 26.3 Å². The van der Waals surface area contributed by atoms with E-state index in [4.69, 9.17) is 5.73 Å². The number of carbonyl (C=O) groups is 1. The van der Waals surface area contributed by atoms with Gasteiger partial charge in [0.2, 0.25) is 5.91 Å². The smallest absolute Gasteiger partial charge is 0.227 e. The molecular formula is C13H20N2O. The van der Waals surface area contributed by atoms with Crippen LogP contribution in [0.15, 0.2) is 24.3 Å². The molecule has 0 saturated heterocycles. The van der Waals surface area contributed by atoms with Crippen molar-refractivity contribution in [2.45, 2.75) is 27.3 Å². The van der Waals surface area contributed by atoms with Gasteiger partial charge in [-0.3, -0.25) is 4.79 Å². The Morgan fingerprint density at radius 1 is 1.25 bits per heavy atom. The lowest BCUT2D eigenvalue weighted by Gasteiger charge is -2.15. The molecule has 3 nitrogen and oxygen atoms in total. The molecule has 3 heteroatoms. The van der Waals surface area contributed by atoms with Crippen LogP contribution < -0.4 is 11.1 Å². The molecule has 1 aromatic rings. The Kier molecular flexibility index (Phi) is 4.50. The number of amides is 1. The van der Waals surface area contributed by atoms with Gasteiger partial charge in [0, 0.05) is 18.2 Å². The zero-order valence-electron chi connectivity index (χ0n) is 10.2. The third-order valence-corrected chi connectivity index (χ3v) is 2.87. The van der Waals surface area contributed by atoms with E-state index in [2.05, 4.69) is 5.32 Å². The van der Waals surface area contributed by atoms with Crippen molar-refractivity contribution in [1.29, 1.82) is 0 Å². The van der Waals surface area contributed by atoms with Gasteiger partial charge in [-0.1, -0.05) is 32.9 Å². The fraction of sp³-hybridized carbons (Fsp3) is 0.462. The Morgan fingerprint density at radius 3 is 2.25 bits per heavy atom. The monoisotopic (exact) mass is 220 g/mol. The molecule has 0 aliphatic rings. The molecule has 1 amide bonds. The first-order valence-electron chi connectivity index (χ1n) is 5.64. The number of benzene rings is 1. The maximum atomic E-state index is 11.8. The quantitative estimate of drug-likeness (QED) is 0.818. The van der Waals surface area contributed by atoms with Gasteiger partial charge < -0.3 is 11.1 Å². The van der Waals surface area contributed by atoms with E-state index in [1.165, 1.54) is 0 Å². The fourth-order valence-corrected chi connectivity index (χ4v) is 1.28. The summed E-state index contributed by atoms with van der Waals surface area (Å²) < 4.78 is 0. The van der Waals surface area contributed by atoms with Crippen LogP contribution in [0, 0.1) is 11.8 Å². The first-order chi connectivity index (χ1) is 7.54. The second kappa shape index (κ2) is 5.66. The first kappa shape index (κ1) is 12.7. The Hall–Kier alpha value is -1.35. The van der Waals surface area contributed by atoms with E-state index in [1.807, 2.05) is 45.0 Å². The van der Waals surface area contributed by atoms with E-state index in [9.17, 15) is 4.79 Å². The summed E-state index contributed by atoms with van der Waals surface area (Å²) in [5, 5.41) is 2.89. The number of hydrogen-bond donors (Lipinski definition) is 2. The normalized spacial score (nSPS) is 12.6. The summed E-state index contributed by atoms with van der Waals surface area (Å²) in [5.74, 6) is 0.438. The molecule has 0 aromatic heterocycles. The van der Waals surface area contributed by atoms with Crippen LogP contribution in [-0.4, -0.2) is 5.91 Å². The summed E-state index contributed by atoms with van der Waals surface area (Å²) in [6, 6.07) is 7.62. The highest BCUT2D eigenvalue weighted by Gasteiger charge is 2.16. The molecule has 0 spiro atoms. The van der Waals surface area contributed by atoms with E-state index in [0.29, 0.717) is 12.5 Å². The van der Waals surface area contributed by atoms with Gasteiger partial charge in [0.05, 0.1) is 0 Å². The average Bonchev–Trinajstić information content (AvgIpc) is 2.28. The van der Waals surface area contributed by atoms with Crippen molar-refractivity contribution < 1.29 is 4.79 Å². The lowest BCUT2D eigenvalue weighted by molar-refractivity contribution is -0.120. The molecule has 1 aromatic carbocycles. The molecule has 0 aliphatic heterocycles. The number of hydrogen-bond acceptors (Lipinski definition) is 2. The Bertz CT molecular complexity index is 343. The van der Waals surface area contributed by atoms with Crippen LogP contribution >= 0.6 is 0 Å². The Labute approximate surface area is 97.0 Å². The maximum Gasteiger partial charge on any atom is 0.227 e. The molecule has 3 N–H and O–H groups in total. The van der Waals surface area contributed by atoms with E-state index < -0.39 is 0 Å². The molecule has 0 bridgehead atoms. The van der Waals surface area contributed by atoms with E-state index in [0.717, 1.165) is 11.3 Å². The van der Waals surface area contributed by atoms with Crippen molar-refractivity contribution in [1.82, 2.24) is 0 Å². The molecule has 1 atom stereocenters. The largest absolute Gasteiger partial charge is 0.326 e. The maximum absolute atomic E-state index is 11.8. The van der Waals surface area contributed by atoms with Crippen molar-refractivity contribution >= 4 is 11.6 Å². The van der Waals surface area contributed by atoms with Crippen molar-refractivity contribution in [2.24, 2.45) is 17.6 Å². The third-order valence-electron chi connectivity index (χ3n) is 2.87. The van der Waals surface area contributed by atoms with Crippen LogP contribution in [-0.2, 0) is 11.3 Å². The Balaban J connectivity index is 2.62. The van der Waals surface area contributed by atoms with E-state index >= 15 is 0 Å². The summed E-state index contributed by atoms with van der Waals surface area (Å²) in [5.41, 5.74) is 7.39. The molecule has 0 saturated carbocycles. The highest BCUT2D eigenvalue weighted by atomic mass is 16.1. The SMILES string of the molecule is CC(C)C(C)C(=O)Nc1ccc(CN)cc1. The minimum absolute atomic E-state index is 0.0224. The highest BCUT2D eigenvalue weighted by molar-refractivity contribution is 5.92. The number of carbonyl (C=O) groups excluding carboxylic acids is 1. The molecule has 0 aliphatic carbocycles. The average molecular weight is 220 g/mol. The van der Waals surface area contributed by atoms with Crippen LogP contribution in [0.4, 0.5) is 5.69 Å². The van der Waals surface area contributed by atoms with Gasteiger partial charge in [-0.15, -0.1) is 0 Å². The molecule has 0 fully saturated rings. The minimum Gasteiger partial charge on any atom is -0.326 e. The predicted octanol–water partition coefficient (Wildman–Crippen LogP) is 2.38. The molecular weight excluding hydrogens is 200 g/mol. The Morgan fingerprint density at radius 2 is 1.81 bits per heavy atom. The van der Waals surface area contributed by atoms with Gasteiger partial charge in [-0.05, 0) is 23.6 Å². The molecule has 16 heavy (non-hydrogen) atoms. The second-order valence-corrected chi connectivity index (χ2v) is 4.42. The van der Waals surface area contributed by atoms with Gasteiger partial charge >= 0.3 is 0 Å². The van der Waals surface area contributed by atoms with Crippen LogP contribution in [0.3, 0.4) is 0 Å². The predicted molar refractivity (Wildman–Crippen MR) is 67.0 cm³/mol. The molecule has 1 unspecified atom stereocenters. The van der Waals surface area contributed by atoms with Crippen molar-refractivity contribution in [3.63, 3.8) is 0 Å². The van der Waals surface area contributed by atoms with Gasteiger partial charge in [0.1, 0.15) is 0 Å². The van der Waals surface area contributed by atoms with Crippen molar-refractivity contribution in [2.75, 3.05) is 5.32 Å². The first-order valence-corrected chi connectivity index (χ1v) is 5.64. The summed E-state index contributed by atoms with van der Waals surface area (Å²) in [6.07, 6.45) is 0. The number of anilines is 1. The van der Waals surface area contributed by atoms with E-state index in [-0.39, 0.29) is 11.8 Å². The standard InChI is InChI=1S/C13H20N2O/c1-9(2)10(3)13(16)15-12-6-4-11(8-14)5-7-12/h4-7,9-10H,8,14H2,1-3H3,(H,15,16). The van der Waals surface area contributed by atoms with E-state index in [1.54, 1.807) is 0 Å². The summed E-state index contributed by atoms with van der Waals surface area (Å²) in [4.78, 5) is 11.8. The van der Waals surface area contributed by atoms with Gasteiger partial charge in [0.15, 0.2) is 0 Å². The summed E-state index contributed by atoms with van der Waals surface area (Å²) in [7, 11) is 0. The topological polar surface area (TPSA) is 55.1 Å². The second-order valence-electron chi connectivity index (χ2n) is 4.42. The van der Waals surface area contributed by atoms with Gasteiger partial charge in [0.25, 0.3) is 0 Å². The van der Waals surface area contributed by atoms with Gasteiger partial charge in [-0.25, -0.2) is 0 Å². The zero-order chi connectivity index (χ0) is 12.1. The molecule has 1 rings (SSSR count). The molecule has 0 heterocycles. The number of nitrogens with two attached hydrogens (primary N) is 1. The summed E-state index contributed by atoms with van der Waals surface area (Å²) >= 11 is 0. The summed E-state index contributed by atoms with van der Waals surface area (Å²) in [6.45, 7) is 6.55. The number of rotatable bonds is 4. The lowest BCUT2D eigenvalue weighted by Crippen LogP contribution is -2.24. The minimum atomic E-state index is 0.0224. The van der Waals surface area contributed by atoms with Crippen molar-refractivity contribution in [3.05, 3.63) is 29.8 Å². The van der Waals surface area contributed by atoms with Gasteiger partial charge in [-0.2, -0.15) is 0 Å². The van der Waals surface area contributed by atoms with Crippen LogP contribution in [0.5, 0.6) is 0 Å². The van der Waals surface area contributed by atoms with Crippen LogP contribution in [0.2, 0.25) is 0 Å². The fourth-order valence-electron chi connectivity index (χ4n) is 1.28. The molecule has 0 radical (unpaired) electrons. The highest BCUT2D eigenvalue weighted by Crippen LogP contribution is 2.14. The lowest BCUT2D eigenvalue weighted by atomic mass is 9.97. The van der Waals surface area contributed by atoms with Crippen molar-refractivity contribution in [3.8, 4) is 0 Å².